The molecule has 1 rings (SSSR count). The average Bonchev–Trinajstić information content (AvgIpc) is 2.42. The first-order valence-electron chi connectivity index (χ1n) is 6.62. The minimum absolute atomic E-state index is 0.469. The van der Waals surface area contributed by atoms with Crippen molar-refractivity contribution in [2.75, 3.05) is 25.2 Å². The summed E-state index contributed by atoms with van der Waals surface area (Å²) in [6.45, 7) is 5.91. The Morgan fingerprint density at radius 1 is 1.32 bits per heavy atom. The Morgan fingerprint density at radius 2 is 2.00 bits per heavy atom. The molecular formula is C15H21BrN2O. The number of nitriles is 1. The normalized spacial score (nSPS) is 10.5. The molecule has 0 spiro atoms. The molecule has 0 radical (unpaired) electrons. The molecule has 1 aromatic rings. The highest BCUT2D eigenvalue weighted by Crippen LogP contribution is 2.26. The molecule has 0 fully saturated rings. The van der Waals surface area contributed by atoms with Gasteiger partial charge in [0.1, 0.15) is 0 Å². The number of anilines is 1. The van der Waals surface area contributed by atoms with Crippen LogP contribution in [0.15, 0.2) is 22.7 Å². The summed E-state index contributed by atoms with van der Waals surface area (Å²) in [6.07, 6.45) is 2.16. The van der Waals surface area contributed by atoms with Crippen LogP contribution in [-0.4, -0.2) is 26.3 Å². The van der Waals surface area contributed by atoms with Crippen molar-refractivity contribution in [1.82, 2.24) is 0 Å². The number of nitrogens with zero attached hydrogens (tertiary/aromatic N) is 2. The van der Waals surface area contributed by atoms with Gasteiger partial charge in [-0.15, -0.1) is 0 Å². The van der Waals surface area contributed by atoms with Crippen molar-refractivity contribution in [2.24, 2.45) is 0 Å². The molecule has 0 unspecified atom stereocenters. The van der Waals surface area contributed by atoms with Crippen LogP contribution in [-0.2, 0) is 4.74 Å². The number of rotatable bonds is 7. The summed E-state index contributed by atoms with van der Waals surface area (Å²) in [6, 6.07) is 8.52. The van der Waals surface area contributed by atoms with Crippen LogP contribution in [0.2, 0.25) is 0 Å². The molecule has 1 aromatic carbocycles. The van der Waals surface area contributed by atoms with Gasteiger partial charge in [0.05, 0.1) is 18.2 Å². The third-order valence-electron chi connectivity index (χ3n) is 3.26. The molecule has 0 N–H and O–H groups in total. The van der Waals surface area contributed by atoms with E-state index in [-0.39, 0.29) is 0 Å². The molecule has 0 atom stereocenters. The van der Waals surface area contributed by atoms with Gasteiger partial charge in [0.25, 0.3) is 0 Å². The van der Waals surface area contributed by atoms with Crippen LogP contribution in [0, 0.1) is 11.3 Å². The van der Waals surface area contributed by atoms with Crippen LogP contribution in [0.1, 0.15) is 32.3 Å². The molecule has 0 aliphatic heterocycles. The van der Waals surface area contributed by atoms with Gasteiger partial charge in [0, 0.05) is 29.9 Å². The van der Waals surface area contributed by atoms with Crippen LogP contribution in [0.5, 0.6) is 0 Å². The van der Waals surface area contributed by atoms with E-state index in [0.717, 1.165) is 29.5 Å². The highest BCUT2D eigenvalue weighted by atomic mass is 79.9. The van der Waals surface area contributed by atoms with Crippen molar-refractivity contribution in [3.8, 4) is 6.07 Å². The lowest BCUT2D eigenvalue weighted by Gasteiger charge is -2.32. The number of methoxy groups -OCH3 is 1. The highest BCUT2D eigenvalue weighted by molar-refractivity contribution is 9.10. The molecule has 0 saturated heterocycles. The van der Waals surface area contributed by atoms with Crippen molar-refractivity contribution in [2.45, 2.75) is 32.7 Å². The van der Waals surface area contributed by atoms with Crippen molar-refractivity contribution in [3.63, 3.8) is 0 Å². The van der Waals surface area contributed by atoms with Crippen molar-refractivity contribution < 1.29 is 4.74 Å². The molecule has 0 bridgehead atoms. The number of halogens is 1. The van der Waals surface area contributed by atoms with Crippen LogP contribution in [0.4, 0.5) is 5.69 Å². The molecular weight excluding hydrogens is 304 g/mol. The zero-order chi connectivity index (χ0) is 14.3. The van der Waals surface area contributed by atoms with E-state index in [2.05, 4.69) is 46.8 Å². The SMILES string of the molecule is CCC(CC)N(CCOC)c1cc(Br)cc(C#N)c1. The third kappa shape index (κ3) is 4.52. The number of benzene rings is 1. The fraction of sp³-hybridized carbons (Fsp3) is 0.533. The molecule has 0 amide bonds. The molecule has 104 valence electrons. The van der Waals surface area contributed by atoms with E-state index in [0.29, 0.717) is 18.2 Å². The maximum atomic E-state index is 9.08. The first kappa shape index (κ1) is 16.0. The summed E-state index contributed by atoms with van der Waals surface area (Å²) < 4.78 is 6.14. The Hall–Kier alpha value is -1.05. The van der Waals surface area contributed by atoms with Gasteiger partial charge >= 0.3 is 0 Å². The summed E-state index contributed by atoms with van der Waals surface area (Å²) in [5, 5.41) is 9.08. The van der Waals surface area contributed by atoms with E-state index in [4.69, 9.17) is 10.00 Å². The van der Waals surface area contributed by atoms with Crippen LogP contribution < -0.4 is 4.90 Å². The Bertz CT molecular complexity index is 438. The summed E-state index contributed by atoms with van der Waals surface area (Å²) in [4.78, 5) is 2.33. The second-order valence-electron chi connectivity index (χ2n) is 4.47. The van der Waals surface area contributed by atoms with Gasteiger partial charge in [-0.2, -0.15) is 5.26 Å². The van der Waals surface area contributed by atoms with E-state index in [1.165, 1.54) is 0 Å². The largest absolute Gasteiger partial charge is 0.383 e. The predicted molar refractivity (Wildman–Crippen MR) is 82.4 cm³/mol. The highest BCUT2D eigenvalue weighted by Gasteiger charge is 2.16. The average molecular weight is 325 g/mol. The van der Waals surface area contributed by atoms with E-state index >= 15 is 0 Å². The standard InChI is InChI=1S/C15H21BrN2O/c1-4-14(5-2)18(6-7-19-3)15-9-12(11-17)8-13(16)10-15/h8-10,14H,4-7H2,1-3H3. The summed E-state index contributed by atoms with van der Waals surface area (Å²) in [7, 11) is 1.71. The van der Waals surface area contributed by atoms with Crippen LogP contribution >= 0.6 is 15.9 Å². The van der Waals surface area contributed by atoms with Gasteiger partial charge in [0.15, 0.2) is 0 Å². The minimum atomic E-state index is 0.469. The Morgan fingerprint density at radius 3 is 2.53 bits per heavy atom. The van der Waals surface area contributed by atoms with Crippen molar-refractivity contribution in [1.29, 1.82) is 5.26 Å². The fourth-order valence-corrected chi connectivity index (χ4v) is 2.73. The van der Waals surface area contributed by atoms with Gasteiger partial charge in [-0.1, -0.05) is 29.8 Å². The maximum absolute atomic E-state index is 9.08. The van der Waals surface area contributed by atoms with Gasteiger partial charge in [0.2, 0.25) is 0 Å². The van der Waals surface area contributed by atoms with Gasteiger partial charge in [-0.05, 0) is 31.0 Å². The molecule has 0 aliphatic rings. The van der Waals surface area contributed by atoms with E-state index in [9.17, 15) is 0 Å². The predicted octanol–water partition coefficient (Wildman–Crippen LogP) is 3.96. The van der Waals surface area contributed by atoms with Crippen LogP contribution in [0.3, 0.4) is 0 Å². The summed E-state index contributed by atoms with van der Waals surface area (Å²) in [5.74, 6) is 0. The van der Waals surface area contributed by atoms with Gasteiger partial charge < -0.3 is 9.64 Å². The van der Waals surface area contributed by atoms with E-state index in [1.54, 1.807) is 7.11 Å². The first-order valence-corrected chi connectivity index (χ1v) is 7.41. The topological polar surface area (TPSA) is 36.3 Å². The monoisotopic (exact) mass is 324 g/mol. The lowest BCUT2D eigenvalue weighted by Crippen LogP contribution is -2.37. The number of ether oxygens (including phenoxy) is 1. The molecule has 4 heteroatoms. The third-order valence-corrected chi connectivity index (χ3v) is 3.72. The number of hydrogen-bond donors (Lipinski definition) is 0. The Labute approximate surface area is 124 Å². The zero-order valence-corrected chi connectivity index (χ0v) is 13.4. The second-order valence-corrected chi connectivity index (χ2v) is 5.38. The number of hydrogen-bond acceptors (Lipinski definition) is 3. The molecule has 0 aliphatic carbocycles. The Kier molecular flexibility index (Phi) is 6.90. The van der Waals surface area contributed by atoms with E-state index < -0.39 is 0 Å². The quantitative estimate of drug-likeness (QED) is 0.761. The first-order chi connectivity index (χ1) is 9.15. The van der Waals surface area contributed by atoms with Crippen molar-refractivity contribution >= 4 is 21.6 Å². The smallest absolute Gasteiger partial charge is 0.0992 e. The lowest BCUT2D eigenvalue weighted by atomic mass is 10.1. The van der Waals surface area contributed by atoms with E-state index in [1.807, 2.05) is 12.1 Å². The summed E-state index contributed by atoms with van der Waals surface area (Å²) >= 11 is 3.47. The Balaban J connectivity index is 3.08. The van der Waals surface area contributed by atoms with Crippen molar-refractivity contribution in [3.05, 3.63) is 28.2 Å². The molecule has 0 saturated carbocycles. The summed E-state index contributed by atoms with van der Waals surface area (Å²) in [5.41, 5.74) is 1.76. The zero-order valence-electron chi connectivity index (χ0n) is 11.8. The van der Waals surface area contributed by atoms with Gasteiger partial charge in [-0.3, -0.25) is 0 Å². The maximum Gasteiger partial charge on any atom is 0.0992 e. The molecule has 0 heterocycles. The fourth-order valence-electron chi connectivity index (χ4n) is 2.25. The van der Waals surface area contributed by atoms with Crippen LogP contribution in [0.25, 0.3) is 0 Å². The second kappa shape index (κ2) is 8.19. The molecule has 0 aromatic heterocycles. The minimum Gasteiger partial charge on any atom is -0.383 e. The van der Waals surface area contributed by atoms with Gasteiger partial charge in [-0.25, -0.2) is 0 Å². The molecule has 3 nitrogen and oxygen atoms in total. The molecule has 19 heavy (non-hydrogen) atoms. The lowest BCUT2D eigenvalue weighted by molar-refractivity contribution is 0.202.